The molecule has 1 saturated carbocycles. The van der Waals surface area contributed by atoms with Crippen LogP contribution in [0.2, 0.25) is 0 Å². The molecule has 1 aromatic carbocycles. The van der Waals surface area contributed by atoms with E-state index >= 15 is 0 Å². The number of halogens is 1. The van der Waals surface area contributed by atoms with Crippen LogP contribution in [-0.2, 0) is 9.53 Å². The Kier molecular flexibility index (Phi) is 7.03. The molecule has 1 heterocycles. The molecule has 9 heteroatoms. The highest BCUT2D eigenvalue weighted by Gasteiger charge is 2.22. The first-order valence-electron chi connectivity index (χ1n) is 9.47. The maximum absolute atomic E-state index is 12.6. The van der Waals surface area contributed by atoms with Crippen molar-refractivity contribution in [2.75, 3.05) is 13.2 Å². The monoisotopic (exact) mass is 463 g/mol. The number of carbonyl (C=O) groups is 2. The van der Waals surface area contributed by atoms with Gasteiger partial charge in [-0.25, -0.2) is 4.79 Å². The number of hydrogen-bond donors (Lipinski definition) is 1. The number of benzene rings is 1. The molecule has 0 saturated heterocycles. The quantitative estimate of drug-likeness (QED) is 0.633. The molecule has 8 nitrogen and oxygen atoms in total. The van der Waals surface area contributed by atoms with Crippen molar-refractivity contribution in [1.82, 2.24) is 15.1 Å². The molecule has 0 radical (unpaired) electrons. The third-order valence-corrected chi connectivity index (χ3v) is 4.99. The van der Waals surface area contributed by atoms with Crippen molar-refractivity contribution in [3.63, 3.8) is 0 Å². The van der Waals surface area contributed by atoms with E-state index in [2.05, 4.69) is 26.3 Å². The first-order valence-corrected chi connectivity index (χ1v) is 10.3. The number of ether oxygens (including phenoxy) is 2. The zero-order valence-electron chi connectivity index (χ0n) is 16.0. The number of hydrogen-bond acceptors (Lipinski definition) is 6. The fourth-order valence-electron chi connectivity index (χ4n) is 3.17. The van der Waals surface area contributed by atoms with Crippen LogP contribution in [0, 0.1) is 0 Å². The van der Waals surface area contributed by atoms with Gasteiger partial charge in [0.1, 0.15) is 0 Å². The summed E-state index contributed by atoms with van der Waals surface area (Å²) in [5.74, 6) is -1.12. The summed E-state index contributed by atoms with van der Waals surface area (Å²) in [4.78, 5) is 37.0. The van der Waals surface area contributed by atoms with E-state index in [0.717, 1.165) is 40.9 Å². The standard InChI is InChI=1S/C20H22BrN3O5/c1-2-28-20(27)19-16(29-12-17(25)22-14-7-3-4-8-14)11-18(26)24(23-19)15-9-5-6-13(21)10-15/h5-6,9-11,14H,2-4,7-8,12H2,1H3,(H,22,25). The zero-order valence-corrected chi connectivity index (χ0v) is 17.6. The zero-order chi connectivity index (χ0) is 20.8. The molecule has 0 bridgehead atoms. The highest BCUT2D eigenvalue weighted by molar-refractivity contribution is 9.10. The Bertz CT molecular complexity index is 953. The largest absolute Gasteiger partial charge is 0.481 e. The minimum absolute atomic E-state index is 0.0822. The summed E-state index contributed by atoms with van der Waals surface area (Å²) in [7, 11) is 0. The summed E-state index contributed by atoms with van der Waals surface area (Å²) in [6.07, 6.45) is 4.08. The van der Waals surface area contributed by atoms with E-state index in [4.69, 9.17) is 9.47 Å². The Morgan fingerprint density at radius 3 is 2.72 bits per heavy atom. The third-order valence-electron chi connectivity index (χ3n) is 4.50. The third kappa shape index (κ3) is 5.44. The van der Waals surface area contributed by atoms with Crippen LogP contribution in [0.5, 0.6) is 5.75 Å². The molecule has 29 heavy (non-hydrogen) atoms. The predicted octanol–water partition coefficient (Wildman–Crippen LogP) is 2.61. The molecule has 0 atom stereocenters. The first-order chi connectivity index (χ1) is 14.0. The molecular weight excluding hydrogens is 442 g/mol. The van der Waals surface area contributed by atoms with E-state index < -0.39 is 11.5 Å². The highest BCUT2D eigenvalue weighted by Crippen LogP contribution is 2.19. The van der Waals surface area contributed by atoms with Gasteiger partial charge in [-0.3, -0.25) is 9.59 Å². The molecule has 1 aliphatic carbocycles. The SMILES string of the molecule is CCOC(=O)c1nn(-c2cccc(Br)c2)c(=O)cc1OCC(=O)NC1CCCC1. The van der Waals surface area contributed by atoms with E-state index in [-0.39, 0.29) is 36.6 Å². The maximum atomic E-state index is 12.6. The highest BCUT2D eigenvalue weighted by atomic mass is 79.9. The fraction of sp³-hybridized carbons (Fsp3) is 0.400. The number of amides is 1. The second kappa shape index (κ2) is 9.69. The average Bonchev–Trinajstić information content (AvgIpc) is 3.19. The van der Waals surface area contributed by atoms with Crippen molar-refractivity contribution < 1.29 is 19.1 Å². The molecule has 2 aromatic rings. The smallest absolute Gasteiger partial charge is 0.362 e. The molecule has 1 aliphatic rings. The predicted molar refractivity (Wildman–Crippen MR) is 109 cm³/mol. The Labute approximate surface area is 176 Å². The van der Waals surface area contributed by atoms with Gasteiger partial charge in [0.05, 0.1) is 18.4 Å². The van der Waals surface area contributed by atoms with E-state index in [1.54, 1.807) is 31.2 Å². The summed E-state index contributed by atoms with van der Waals surface area (Å²) in [6, 6.07) is 8.22. The van der Waals surface area contributed by atoms with Gasteiger partial charge in [0.25, 0.3) is 11.5 Å². The van der Waals surface area contributed by atoms with Gasteiger partial charge in [0, 0.05) is 10.5 Å². The minimum atomic E-state index is -0.734. The van der Waals surface area contributed by atoms with Crippen LogP contribution in [0.4, 0.5) is 0 Å². The lowest BCUT2D eigenvalue weighted by molar-refractivity contribution is -0.123. The number of rotatable bonds is 7. The van der Waals surface area contributed by atoms with E-state index in [1.165, 1.54) is 0 Å². The molecule has 0 aliphatic heterocycles. The topological polar surface area (TPSA) is 99.5 Å². The van der Waals surface area contributed by atoms with E-state index in [1.807, 2.05) is 0 Å². The van der Waals surface area contributed by atoms with Gasteiger partial charge in [-0.1, -0.05) is 34.8 Å². The number of nitrogens with zero attached hydrogens (tertiary/aromatic N) is 2. The Hall–Kier alpha value is -2.68. The Balaban J connectivity index is 1.85. The van der Waals surface area contributed by atoms with E-state index in [9.17, 15) is 14.4 Å². The van der Waals surface area contributed by atoms with Crippen molar-refractivity contribution in [2.24, 2.45) is 0 Å². The van der Waals surface area contributed by atoms with Crippen molar-refractivity contribution in [3.05, 3.63) is 50.9 Å². The molecule has 1 amide bonds. The molecule has 3 rings (SSSR count). The van der Waals surface area contributed by atoms with E-state index in [0.29, 0.717) is 5.69 Å². The van der Waals surface area contributed by atoms with Crippen molar-refractivity contribution in [2.45, 2.75) is 38.6 Å². The van der Waals surface area contributed by atoms with Crippen LogP contribution >= 0.6 is 15.9 Å². The number of carbonyl (C=O) groups excluding carboxylic acids is 2. The second-order valence-electron chi connectivity index (χ2n) is 6.65. The lowest BCUT2D eigenvalue weighted by Gasteiger charge is -2.14. The van der Waals surface area contributed by atoms with Gasteiger partial charge in [-0.05, 0) is 38.0 Å². The summed E-state index contributed by atoms with van der Waals surface area (Å²) in [5.41, 5.74) is -0.192. The summed E-state index contributed by atoms with van der Waals surface area (Å²) in [5, 5.41) is 7.03. The molecule has 154 valence electrons. The molecule has 1 N–H and O–H groups in total. The van der Waals surface area contributed by atoms with Gasteiger partial charge in [-0.15, -0.1) is 0 Å². The average molecular weight is 464 g/mol. The van der Waals surface area contributed by atoms with Crippen LogP contribution < -0.4 is 15.6 Å². The molecule has 0 unspecified atom stereocenters. The lowest BCUT2D eigenvalue weighted by Crippen LogP contribution is -2.36. The fourth-order valence-corrected chi connectivity index (χ4v) is 3.55. The number of nitrogens with one attached hydrogen (secondary N) is 1. The first kappa shape index (κ1) is 21.0. The molecular formula is C20H22BrN3O5. The van der Waals surface area contributed by atoms with Crippen molar-refractivity contribution in [1.29, 1.82) is 0 Å². The van der Waals surface area contributed by atoms with Gasteiger partial charge >= 0.3 is 5.97 Å². The second-order valence-corrected chi connectivity index (χ2v) is 7.56. The number of aromatic nitrogens is 2. The van der Waals surface area contributed by atoms with Crippen molar-refractivity contribution >= 4 is 27.8 Å². The van der Waals surface area contributed by atoms with Gasteiger partial charge in [0.2, 0.25) is 5.69 Å². The van der Waals surface area contributed by atoms with Crippen LogP contribution in [0.1, 0.15) is 43.1 Å². The van der Waals surface area contributed by atoms with Crippen LogP contribution in [-0.4, -0.2) is 40.9 Å². The summed E-state index contributed by atoms with van der Waals surface area (Å²) >= 11 is 3.34. The number of esters is 1. The lowest BCUT2D eigenvalue weighted by atomic mass is 10.2. The van der Waals surface area contributed by atoms with Crippen LogP contribution in [0.3, 0.4) is 0 Å². The Morgan fingerprint density at radius 1 is 1.28 bits per heavy atom. The molecule has 1 aromatic heterocycles. The molecule has 1 fully saturated rings. The van der Waals surface area contributed by atoms with Gasteiger partial charge < -0.3 is 14.8 Å². The van der Waals surface area contributed by atoms with Gasteiger partial charge in [-0.2, -0.15) is 9.78 Å². The summed E-state index contributed by atoms with van der Waals surface area (Å²) in [6.45, 7) is 1.49. The molecule has 0 spiro atoms. The van der Waals surface area contributed by atoms with Crippen LogP contribution in [0.15, 0.2) is 39.6 Å². The Morgan fingerprint density at radius 2 is 2.03 bits per heavy atom. The maximum Gasteiger partial charge on any atom is 0.362 e. The van der Waals surface area contributed by atoms with Gasteiger partial charge in [0.15, 0.2) is 12.4 Å². The summed E-state index contributed by atoms with van der Waals surface area (Å²) < 4.78 is 12.3. The van der Waals surface area contributed by atoms with Crippen LogP contribution in [0.25, 0.3) is 5.69 Å². The van der Waals surface area contributed by atoms with Crippen molar-refractivity contribution in [3.8, 4) is 11.4 Å². The minimum Gasteiger partial charge on any atom is -0.481 e. The normalized spacial score (nSPS) is 13.9.